The van der Waals surface area contributed by atoms with Crippen LogP contribution in [0.25, 0.3) is 0 Å². The van der Waals surface area contributed by atoms with E-state index in [0.717, 1.165) is 41.5 Å². The van der Waals surface area contributed by atoms with E-state index in [1.165, 1.54) is 11.1 Å². The summed E-state index contributed by atoms with van der Waals surface area (Å²) in [7, 11) is 1.67. The van der Waals surface area contributed by atoms with Gasteiger partial charge >= 0.3 is 0 Å². The van der Waals surface area contributed by atoms with Crippen LogP contribution >= 0.6 is 11.6 Å². The first-order valence-electron chi connectivity index (χ1n) is 9.95. The molecule has 152 valence electrons. The average Bonchev–Trinajstić information content (AvgIpc) is 2.76. The third-order valence-corrected chi connectivity index (χ3v) is 5.15. The van der Waals surface area contributed by atoms with Crippen molar-refractivity contribution < 1.29 is 9.47 Å². The molecule has 0 heterocycles. The molecule has 0 unspecified atom stereocenters. The van der Waals surface area contributed by atoms with E-state index < -0.39 is 0 Å². The maximum atomic E-state index is 5.93. The number of rotatable bonds is 10. The maximum Gasteiger partial charge on any atom is 0.161 e. The molecule has 0 radical (unpaired) electrons. The monoisotopic (exact) mass is 409 g/mol. The summed E-state index contributed by atoms with van der Waals surface area (Å²) in [5.41, 5.74) is 3.62. The van der Waals surface area contributed by atoms with Crippen LogP contribution in [0.15, 0.2) is 72.8 Å². The van der Waals surface area contributed by atoms with Gasteiger partial charge in [-0.1, -0.05) is 60.1 Å². The molecule has 0 spiro atoms. The first-order chi connectivity index (χ1) is 14.1. The van der Waals surface area contributed by atoms with Crippen LogP contribution in [0.2, 0.25) is 5.02 Å². The van der Waals surface area contributed by atoms with Crippen LogP contribution in [0.5, 0.6) is 11.5 Å². The molecule has 0 amide bonds. The molecule has 0 fully saturated rings. The molecule has 3 nitrogen and oxygen atoms in total. The molecule has 3 aromatic carbocycles. The lowest BCUT2D eigenvalue weighted by atomic mass is 10.1. The highest BCUT2D eigenvalue weighted by atomic mass is 35.5. The highest BCUT2D eigenvalue weighted by Crippen LogP contribution is 2.29. The van der Waals surface area contributed by atoms with Crippen molar-refractivity contribution in [1.29, 1.82) is 0 Å². The van der Waals surface area contributed by atoms with E-state index in [-0.39, 0.29) is 0 Å². The van der Waals surface area contributed by atoms with Gasteiger partial charge in [-0.15, -0.1) is 0 Å². The number of halogens is 1. The Kier molecular flexibility index (Phi) is 7.97. The predicted molar refractivity (Wildman–Crippen MR) is 120 cm³/mol. The quantitative estimate of drug-likeness (QED) is 0.443. The van der Waals surface area contributed by atoms with Gasteiger partial charge in [0.2, 0.25) is 0 Å². The Morgan fingerprint density at radius 1 is 0.862 bits per heavy atom. The second-order valence-electron chi connectivity index (χ2n) is 7.21. The van der Waals surface area contributed by atoms with Crippen LogP contribution in [0.1, 0.15) is 30.0 Å². The van der Waals surface area contributed by atoms with Crippen LogP contribution < -0.4 is 14.8 Å². The van der Waals surface area contributed by atoms with Crippen molar-refractivity contribution in [2.75, 3.05) is 7.11 Å². The fourth-order valence-corrected chi connectivity index (χ4v) is 3.23. The van der Waals surface area contributed by atoms with E-state index >= 15 is 0 Å². The zero-order valence-corrected chi connectivity index (χ0v) is 17.8. The van der Waals surface area contributed by atoms with Gasteiger partial charge in [0.15, 0.2) is 11.5 Å². The normalized spacial score (nSPS) is 11.8. The van der Waals surface area contributed by atoms with E-state index in [9.17, 15) is 0 Å². The predicted octanol–water partition coefficient (Wildman–Crippen LogP) is 6.04. The molecule has 0 aliphatic rings. The Morgan fingerprint density at radius 2 is 1.59 bits per heavy atom. The fourth-order valence-electron chi connectivity index (χ4n) is 3.10. The zero-order chi connectivity index (χ0) is 20.5. The molecule has 3 rings (SSSR count). The fraction of sp³-hybridized carbons (Fsp3) is 0.280. The van der Waals surface area contributed by atoms with Gasteiger partial charge < -0.3 is 14.8 Å². The van der Waals surface area contributed by atoms with Crippen LogP contribution in [0.3, 0.4) is 0 Å². The highest BCUT2D eigenvalue weighted by molar-refractivity contribution is 6.30. The van der Waals surface area contributed by atoms with E-state index in [1.54, 1.807) is 7.11 Å². The van der Waals surface area contributed by atoms with Crippen molar-refractivity contribution in [1.82, 2.24) is 5.32 Å². The highest BCUT2D eigenvalue weighted by Gasteiger charge is 2.08. The summed E-state index contributed by atoms with van der Waals surface area (Å²) in [6, 6.07) is 24.8. The number of ether oxygens (including phenoxy) is 2. The van der Waals surface area contributed by atoms with E-state index in [4.69, 9.17) is 21.1 Å². The second kappa shape index (κ2) is 10.9. The molecule has 1 atom stereocenters. The van der Waals surface area contributed by atoms with Crippen molar-refractivity contribution in [2.45, 2.75) is 39.0 Å². The van der Waals surface area contributed by atoms with Gasteiger partial charge in [0.1, 0.15) is 6.61 Å². The lowest BCUT2D eigenvalue weighted by Gasteiger charge is -2.16. The van der Waals surface area contributed by atoms with Crippen molar-refractivity contribution >= 4 is 11.6 Å². The second-order valence-corrected chi connectivity index (χ2v) is 7.64. The molecule has 3 aromatic rings. The van der Waals surface area contributed by atoms with Crippen LogP contribution in [-0.4, -0.2) is 13.2 Å². The molecular formula is C25H28ClNO2. The molecular weight excluding hydrogens is 382 g/mol. The number of hydrogen-bond acceptors (Lipinski definition) is 3. The molecule has 0 saturated heterocycles. The third kappa shape index (κ3) is 6.81. The number of aryl methyl sites for hydroxylation is 1. The van der Waals surface area contributed by atoms with Gasteiger partial charge in [-0.2, -0.15) is 0 Å². The first-order valence-corrected chi connectivity index (χ1v) is 10.3. The van der Waals surface area contributed by atoms with Crippen LogP contribution in [-0.2, 0) is 19.6 Å². The van der Waals surface area contributed by atoms with Gasteiger partial charge in [-0.05, 0) is 60.7 Å². The van der Waals surface area contributed by atoms with Crippen LogP contribution in [0.4, 0.5) is 0 Å². The zero-order valence-electron chi connectivity index (χ0n) is 17.0. The lowest BCUT2D eigenvalue weighted by Crippen LogP contribution is -2.26. The van der Waals surface area contributed by atoms with Crippen molar-refractivity contribution in [3.63, 3.8) is 0 Å². The Bertz CT molecular complexity index is 881. The molecule has 4 heteroatoms. The summed E-state index contributed by atoms with van der Waals surface area (Å²) < 4.78 is 11.5. The minimum absolute atomic E-state index is 0.432. The first kappa shape index (κ1) is 21.2. The number of nitrogens with one attached hydrogen (secondary N) is 1. The molecule has 0 aromatic heterocycles. The number of hydrogen-bond donors (Lipinski definition) is 1. The maximum absolute atomic E-state index is 5.93. The standard InChI is InChI=1S/C25H28ClNO2/c1-19(8-9-20-6-4-3-5-7-20)27-17-22-12-15-24(25(16-22)28-2)29-18-21-10-13-23(26)14-11-21/h3-7,10-16,19,27H,8-9,17-18H2,1-2H3/t19-/m1/s1. The number of methoxy groups -OCH3 is 1. The van der Waals surface area contributed by atoms with Gasteiger partial charge in [-0.3, -0.25) is 0 Å². The van der Waals surface area contributed by atoms with Crippen molar-refractivity contribution in [3.05, 3.63) is 94.5 Å². The Balaban J connectivity index is 1.50. The van der Waals surface area contributed by atoms with Crippen molar-refractivity contribution in [2.24, 2.45) is 0 Å². The Morgan fingerprint density at radius 3 is 2.31 bits per heavy atom. The Hall–Kier alpha value is -2.49. The van der Waals surface area contributed by atoms with Gasteiger partial charge in [0.05, 0.1) is 7.11 Å². The molecule has 1 N–H and O–H groups in total. The van der Waals surface area contributed by atoms with Crippen LogP contribution in [0, 0.1) is 0 Å². The summed E-state index contributed by atoms with van der Waals surface area (Å²) in [6.45, 7) is 3.50. The summed E-state index contributed by atoms with van der Waals surface area (Å²) in [6.07, 6.45) is 2.18. The SMILES string of the molecule is COc1cc(CN[C@H](C)CCc2ccccc2)ccc1OCc1ccc(Cl)cc1. The molecule has 0 aliphatic carbocycles. The smallest absolute Gasteiger partial charge is 0.161 e. The molecule has 29 heavy (non-hydrogen) atoms. The largest absolute Gasteiger partial charge is 0.493 e. The van der Waals surface area contributed by atoms with Crippen molar-refractivity contribution in [3.8, 4) is 11.5 Å². The van der Waals surface area contributed by atoms with E-state index in [0.29, 0.717) is 12.6 Å². The topological polar surface area (TPSA) is 30.5 Å². The summed E-state index contributed by atoms with van der Waals surface area (Å²) in [5, 5.41) is 4.32. The van der Waals surface area contributed by atoms with Gasteiger partial charge in [0.25, 0.3) is 0 Å². The summed E-state index contributed by atoms with van der Waals surface area (Å²) >= 11 is 5.93. The molecule has 0 aliphatic heterocycles. The minimum atomic E-state index is 0.432. The Labute approximate surface area is 178 Å². The van der Waals surface area contributed by atoms with E-state index in [1.807, 2.05) is 36.4 Å². The average molecular weight is 410 g/mol. The summed E-state index contributed by atoms with van der Waals surface area (Å²) in [5.74, 6) is 1.48. The number of benzene rings is 3. The molecule has 0 saturated carbocycles. The third-order valence-electron chi connectivity index (χ3n) is 4.90. The van der Waals surface area contributed by atoms with E-state index in [2.05, 4.69) is 48.6 Å². The summed E-state index contributed by atoms with van der Waals surface area (Å²) in [4.78, 5) is 0. The molecule has 0 bridgehead atoms. The lowest BCUT2D eigenvalue weighted by molar-refractivity contribution is 0.284. The minimum Gasteiger partial charge on any atom is -0.493 e. The van der Waals surface area contributed by atoms with Gasteiger partial charge in [-0.25, -0.2) is 0 Å². The van der Waals surface area contributed by atoms with Gasteiger partial charge in [0, 0.05) is 17.6 Å².